The second kappa shape index (κ2) is 5.58. The minimum absolute atomic E-state index is 0.528. The van der Waals surface area contributed by atoms with Crippen molar-refractivity contribution in [1.29, 1.82) is 0 Å². The normalized spacial score (nSPS) is 14.3. The van der Waals surface area contributed by atoms with Gasteiger partial charge in [-0.1, -0.05) is 11.6 Å². The van der Waals surface area contributed by atoms with E-state index in [0.29, 0.717) is 10.9 Å². The molecule has 0 spiro atoms. The maximum absolute atomic E-state index is 5.86. The smallest absolute Gasteiger partial charge is 0.135 e. The molecule has 0 saturated heterocycles. The molecule has 2 aromatic heterocycles. The molecule has 0 radical (unpaired) electrons. The summed E-state index contributed by atoms with van der Waals surface area (Å²) in [5.41, 5.74) is 1.05. The molecule has 1 aliphatic carbocycles. The van der Waals surface area contributed by atoms with E-state index >= 15 is 0 Å². The molecule has 4 nitrogen and oxygen atoms in total. The van der Waals surface area contributed by atoms with Crippen LogP contribution in [0.4, 0.5) is 5.82 Å². The van der Waals surface area contributed by atoms with E-state index in [0.717, 1.165) is 27.3 Å². The van der Waals surface area contributed by atoms with Crippen LogP contribution in [0.25, 0.3) is 0 Å². The van der Waals surface area contributed by atoms with Gasteiger partial charge in [0, 0.05) is 24.7 Å². The number of halogens is 1. The van der Waals surface area contributed by atoms with Gasteiger partial charge in [-0.05, 0) is 43.7 Å². The largest absolute Gasteiger partial charge is 0.373 e. The third-order valence-electron chi connectivity index (χ3n) is 3.20. The highest BCUT2D eigenvalue weighted by Crippen LogP contribution is 2.40. The summed E-state index contributed by atoms with van der Waals surface area (Å²) in [4.78, 5) is 13.6. The van der Waals surface area contributed by atoms with Crippen LogP contribution in [0.1, 0.15) is 30.1 Å². The summed E-state index contributed by atoms with van der Waals surface area (Å²) in [6, 6.07) is 3.75. The van der Waals surface area contributed by atoms with Gasteiger partial charge in [0.2, 0.25) is 0 Å². The van der Waals surface area contributed by atoms with Crippen molar-refractivity contribution in [2.75, 3.05) is 12.4 Å². The number of nitrogens with zero attached hydrogens (tertiary/aromatic N) is 3. The van der Waals surface area contributed by atoms with Gasteiger partial charge in [-0.15, -0.1) is 0 Å². The van der Waals surface area contributed by atoms with Crippen molar-refractivity contribution in [3.8, 4) is 0 Å². The molecule has 20 heavy (non-hydrogen) atoms. The van der Waals surface area contributed by atoms with Gasteiger partial charge >= 0.3 is 0 Å². The molecule has 0 amide bonds. The first-order valence-corrected chi connectivity index (χ1v) is 7.72. The summed E-state index contributed by atoms with van der Waals surface area (Å²) in [5.74, 6) is 2.37. The summed E-state index contributed by atoms with van der Waals surface area (Å²) >= 11 is 7.41. The minimum Gasteiger partial charge on any atom is -0.373 e. The predicted molar refractivity (Wildman–Crippen MR) is 81.7 cm³/mol. The molecule has 104 valence electrons. The highest BCUT2D eigenvalue weighted by atomic mass is 35.5. The van der Waals surface area contributed by atoms with Crippen molar-refractivity contribution in [1.82, 2.24) is 15.0 Å². The Morgan fingerprint density at radius 3 is 2.70 bits per heavy atom. The first kappa shape index (κ1) is 13.6. The van der Waals surface area contributed by atoms with Crippen LogP contribution in [0.3, 0.4) is 0 Å². The second-order valence-electron chi connectivity index (χ2n) is 4.80. The first-order valence-electron chi connectivity index (χ1n) is 6.53. The second-order valence-corrected chi connectivity index (χ2v) is 6.25. The van der Waals surface area contributed by atoms with Gasteiger partial charge in [-0.25, -0.2) is 15.0 Å². The molecular formula is C14H15ClN4S. The molecule has 1 N–H and O–H groups in total. The van der Waals surface area contributed by atoms with Crippen LogP contribution in [-0.2, 0) is 0 Å². The fourth-order valence-corrected chi connectivity index (χ4v) is 2.84. The molecule has 0 bridgehead atoms. The Kier molecular flexibility index (Phi) is 3.81. The third kappa shape index (κ3) is 2.88. The zero-order valence-electron chi connectivity index (χ0n) is 11.4. The highest BCUT2D eigenvalue weighted by molar-refractivity contribution is 7.99. The van der Waals surface area contributed by atoms with Crippen LogP contribution in [0, 0.1) is 6.92 Å². The van der Waals surface area contributed by atoms with Crippen molar-refractivity contribution < 1.29 is 0 Å². The topological polar surface area (TPSA) is 50.7 Å². The Hall–Kier alpha value is -1.33. The van der Waals surface area contributed by atoms with E-state index in [1.807, 2.05) is 26.1 Å². The van der Waals surface area contributed by atoms with E-state index in [1.165, 1.54) is 12.8 Å². The summed E-state index contributed by atoms with van der Waals surface area (Å²) in [6.45, 7) is 2.03. The van der Waals surface area contributed by atoms with Gasteiger partial charge in [-0.2, -0.15) is 0 Å². The first-order chi connectivity index (χ1) is 9.67. The standard InChI is InChI=1S/C14H15ClN4S/c1-8-12(16-2)18-13(9-3-4-9)19-14(8)20-11-6-5-10(15)7-17-11/h5-7,9H,3-4H2,1-2H3,(H,16,18,19). The molecule has 1 aliphatic rings. The van der Waals surface area contributed by atoms with Gasteiger partial charge in [0.05, 0.1) is 5.02 Å². The van der Waals surface area contributed by atoms with Gasteiger partial charge in [0.15, 0.2) is 0 Å². The monoisotopic (exact) mass is 306 g/mol. The van der Waals surface area contributed by atoms with Gasteiger partial charge < -0.3 is 5.32 Å². The number of hydrogen-bond acceptors (Lipinski definition) is 5. The lowest BCUT2D eigenvalue weighted by molar-refractivity contribution is 0.863. The van der Waals surface area contributed by atoms with Crippen LogP contribution in [0.2, 0.25) is 5.02 Å². The summed E-state index contributed by atoms with van der Waals surface area (Å²) in [5, 5.41) is 5.64. The summed E-state index contributed by atoms with van der Waals surface area (Å²) in [7, 11) is 1.89. The molecule has 1 fully saturated rings. The number of rotatable bonds is 4. The predicted octanol–water partition coefficient (Wildman–Crippen LogP) is 3.90. The van der Waals surface area contributed by atoms with Gasteiger partial charge in [0.1, 0.15) is 21.7 Å². The van der Waals surface area contributed by atoms with Crippen LogP contribution < -0.4 is 5.32 Å². The Labute approximate surface area is 127 Å². The lowest BCUT2D eigenvalue weighted by atomic mass is 10.3. The van der Waals surface area contributed by atoms with Crippen molar-refractivity contribution >= 4 is 29.2 Å². The molecule has 3 rings (SSSR count). The lowest BCUT2D eigenvalue weighted by Crippen LogP contribution is -2.04. The average molecular weight is 307 g/mol. The van der Waals surface area contributed by atoms with E-state index in [4.69, 9.17) is 16.6 Å². The Morgan fingerprint density at radius 2 is 2.10 bits per heavy atom. The molecule has 2 aromatic rings. The minimum atomic E-state index is 0.528. The molecule has 0 unspecified atom stereocenters. The molecular weight excluding hydrogens is 292 g/mol. The van der Waals surface area contributed by atoms with Crippen molar-refractivity contribution in [2.24, 2.45) is 0 Å². The van der Waals surface area contributed by atoms with Crippen molar-refractivity contribution in [3.05, 3.63) is 34.7 Å². The maximum Gasteiger partial charge on any atom is 0.135 e. The number of aromatic nitrogens is 3. The quantitative estimate of drug-likeness (QED) is 0.868. The van der Waals surface area contributed by atoms with Crippen LogP contribution in [0.15, 0.2) is 28.4 Å². The number of pyridine rings is 1. The van der Waals surface area contributed by atoms with E-state index in [2.05, 4.69) is 15.3 Å². The van der Waals surface area contributed by atoms with Crippen LogP contribution in [-0.4, -0.2) is 22.0 Å². The van der Waals surface area contributed by atoms with E-state index in [1.54, 1.807) is 18.0 Å². The van der Waals surface area contributed by atoms with E-state index < -0.39 is 0 Å². The Morgan fingerprint density at radius 1 is 1.30 bits per heavy atom. The molecule has 1 saturated carbocycles. The Bertz CT molecular complexity index is 626. The highest BCUT2D eigenvalue weighted by Gasteiger charge is 2.28. The third-order valence-corrected chi connectivity index (χ3v) is 4.46. The summed E-state index contributed by atoms with van der Waals surface area (Å²) < 4.78 is 0. The van der Waals surface area contributed by atoms with E-state index in [-0.39, 0.29) is 0 Å². The summed E-state index contributed by atoms with van der Waals surface area (Å²) in [6.07, 6.45) is 4.03. The molecule has 0 atom stereocenters. The fourth-order valence-electron chi connectivity index (χ4n) is 1.90. The average Bonchev–Trinajstić information content (AvgIpc) is 3.28. The molecule has 6 heteroatoms. The Balaban J connectivity index is 1.94. The number of anilines is 1. The van der Waals surface area contributed by atoms with E-state index in [9.17, 15) is 0 Å². The number of hydrogen-bond donors (Lipinski definition) is 1. The van der Waals surface area contributed by atoms with Crippen molar-refractivity contribution in [2.45, 2.75) is 35.7 Å². The molecule has 0 aromatic carbocycles. The zero-order chi connectivity index (χ0) is 14.1. The number of nitrogens with one attached hydrogen (secondary N) is 1. The van der Waals surface area contributed by atoms with Gasteiger partial charge in [-0.3, -0.25) is 0 Å². The van der Waals surface area contributed by atoms with Crippen LogP contribution in [0.5, 0.6) is 0 Å². The molecule has 2 heterocycles. The lowest BCUT2D eigenvalue weighted by Gasteiger charge is -2.11. The maximum atomic E-state index is 5.86. The zero-order valence-corrected chi connectivity index (χ0v) is 12.9. The SMILES string of the molecule is CNc1nc(C2CC2)nc(Sc2ccc(Cl)cn2)c1C. The van der Waals surface area contributed by atoms with Crippen LogP contribution >= 0.6 is 23.4 Å². The van der Waals surface area contributed by atoms with Crippen molar-refractivity contribution in [3.63, 3.8) is 0 Å². The van der Waals surface area contributed by atoms with Gasteiger partial charge in [0.25, 0.3) is 0 Å². The fraction of sp³-hybridized carbons (Fsp3) is 0.357. The molecule has 0 aliphatic heterocycles.